The molecule has 0 bridgehead atoms. The Morgan fingerprint density at radius 2 is 1.83 bits per heavy atom. The van der Waals surface area contributed by atoms with Crippen LogP contribution in [0.2, 0.25) is 0 Å². The van der Waals surface area contributed by atoms with Crippen molar-refractivity contribution in [1.82, 2.24) is 4.90 Å². The Morgan fingerprint density at radius 3 is 2.45 bits per heavy atom. The Hall–Kier alpha value is -2.65. The Labute approximate surface area is 180 Å². The van der Waals surface area contributed by atoms with Crippen molar-refractivity contribution < 1.29 is 19.1 Å². The molecule has 7 nitrogen and oxygen atoms in total. The van der Waals surface area contributed by atoms with Crippen LogP contribution in [0.4, 0.5) is 11.4 Å². The maximum atomic E-state index is 12.7. The molecule has 9 heteroatoms. The number of halogens is 1. The second kappa shape index (κ2) is 9.23. The number of ether oxygens (including phenoxy) is 1. The van der Waals surface area contributed by atoms with Crippen LogP contribution in [-0.2, 0) is 14.3 Å². The summed E-state index contributed by atoms with van der Waals surface area (Å²) in [5.74, 6) is -0.931. The van der Waals surface area contributed by atoms with Crippen molar-refractivity contribution in [3.63, 3.8) is 0 Å². The van der Waals surface area contributed by atoms with Gasteiger partial charge in [0.15, 0.2) is 5.17 Å². The zero-order chi connectivity index (χ0) is 21.0. The summed E-state index contributed by atoms with van der Waals surface area (Å²) in [6, 6.07) is 13.7. The molecule has 1 heterocycles. The number of benzene rings is 2. The fraction of sp³-hybridized carbons (Fsp3) is 0.200. The highest BCUT2D eigenvalue weighted by Crippen LogP contribution is 2.29. The van der Waals surface area contributed by atoms with Crippen molar-refractivity contribution in [2.75, 3.05) is 19.5 Å². The Morgan fingerprint density at radius 1 is 1.17 bits per heavy atom. The van der Waals surface area contributed by atoms with Crippen LogP contribution in [-0.4, -0.2) is 47.3 Å². The first-order valence-corrected chi connectivity index (χ1v) is 10.3. The molecule has 150 valence electrons. The summed E-state index contributed by atoms with van der Waals surface area (Å²) in [5.41, 5.74) is 1.61. The third-order valence-electron chi connectivity index (χ3n) is 4.19. The van der Waals surface area contributed by atoms with Crippen LogP contribution >= 0.6 is 27.7 Å². The zero-order valence-corrected chi connectivity index (χ0v) is 18.1. The van der Waals surface area contributed by atoms with Gasteiger partial charge in [0, 0.05) is 23.6 Å². The number of anilines is 1. The molecule has 2 aromatic rings. The van der Waals surface area contributed by atoms with Crippen molar-refractivity contribution in [3.8, 4) is 0 Å². The Bertz CT molecular complexity index is 961. The van der Waals surface area contributed by atoms with Crippen LogP contribution in [0.15, 0.2) is 58.0 Å². The molecule has 1 atom stereocenters. The van der Waals surface area contributed by atoms with Gasteiger partial charge in [0.1, 0.15) is 5.25 Å². The number of nitrogens with one attached hydrogen (secondary N) is 1. The summed E-state index contributed by atoms with van der Waals surface area (Å²) in [4.78, 5) is 42.5. The maximum Gasteiger partial charge on any atom is 0.337 e. The topological polar surface area (TPSA) is 88.1 Å². The van der Waals surface area contributed by atoms with Crippen molar-refractivity contribution in [2.24, 2.45) is 4.99 Å². The van der Waals surface area contributed by atoms with Gasteiger partial charge in [-0.25, -0.2) is 9.79 Å². The van der Waals surface area contributed by atoms with Crippen LogP contribution in [0.1, 0.15) is 16.8 Å². The molecular formula is C20H18BrN3O4S. The predicted molar refractivity (Wildman–Crippen MR) is 116 cm³/mol. The number of carbonyl (C=O) groups is 3. The van der Waals surface area contributed by atoms with E-state index in [1.165, 1.54) is 23.8 Å². The molecule has 0 aromatic heterocycles. The number of hydrogen-bond donors (Lipinski definition) is 1. The quantitative estimate of drug-likeness (QED) is 0.678. The highest BCUT2D eigenvalue weighted by Gasteiger charge is 2.34. The highest BCUT2D eigenvalue weighted by atomic mass is 79.9. The lowest BCUT2D eigenvalue weighted by atomic mass is 10.2. The van der Waals surface area contributed by atoms with Crippen LogP contribution < -0.4 is 5.32 Å². The van der Waals surface area contributed by atoms with Crippen LogP contribution in [0.25, 0.3) is 0 Å². The van der Waals surface area contributed by atoms with Gasteiger partial charge < -0.3 is 10.1 Å². The summed E-state index contributed by atoms with van der Waals surface area (Å²) >= 11 is 4.61. The van der Waals surface area contributed by atoms with E-state index in [9.17, 15) is 14.4 Å². The van der Waals surface area contributed by atoms with Crippen molar-refractivity contribution in [2.45, 2.75) is 11.7 Å². The van der Waals surface area contributed by atoms with Gasteiger partial charge in [-0.2, -0.15) is 0 Å². The molecule has 1 N–H and O–H groups in total. The van der Waals surface area contributed by atoms with Gasteiger partial charge in [-0.15, -0.1) is 0 Å². The van der Waals surface area contributed by atoms with E-state index in [4.69, 9.17) is 0 Å². The average molecular weight is 476 g/mol. The number of amides is 2. The summed E-state index contributed by atoms with van der Waals surface area (Å²) in [7, 11) is 2.95. The molecule has 0 aliphatic carbocycles. The number of methoxy groups -OCH3 is 1. The normalized spacial score (nSPS) is 17.9. The number of thioether (sulfide) groups is 1. The van der Waals surface area contributed by atoms with Crippen molar-refractivity contribution in [1.29, 1.82) is 0 Å². The number of hydrogen-bond acceptors (Lipinski definition) is 6. The lowest BCUT2D eigenvalue weighted by Crippen LogP contribution is -2.43. The minimum absolute atomic E-state index is 0.0760. The van der Waals surface area contributed by atoms with Gasteiger partial charge >= 0.3 is 5.97 Å². The van der Waals surface area contributed by atoms with Crippen LogP contribution in [0, 0.1) is 0 Å². The van der Waals surface area contributed by atoms with Crippen LogP contribution in [0.3, 0.4) is 0 Å². The number of aliphatic imine (C=N–C) groups is 1. The van der Waals surface area contributed by atoms with Gasteiger partial charge in [0.2, 0.25) is 11.8 Å². The molecule has 1 saturated heterocycles. The first-order chi connectivity index (χ1) is 13.9. The minimum Gasteiger partial charge on any atom is -0.465 e. The number of esters is 1. The molecule has 1 fully saturated rings. The van der Waals surface area contributed by atoms with Gasteiger partial charge in [-0.05, 0) is 48.5 Å². The molecule has 1 unspecified atom stereocenters. The molecule has 2 amide bonds. The van der Waals surface area contributed by atoms with Crippen LogP contribution in [0.5, 0.6) is 0 Å². The Kier molecular flexibility index (Phi) is 6.71. The maximum absolute atomic E-state index is 12.7. The van der Waals surface area contributed by atoms with E-state index in [0.29, 0.717) is 22.1 Å². The molecule has 3 rings (SSSR count). The van der Waals surface area contributed by atoms with E-state index in [0.717, 1.165) is 4.47 Å². The lowest BCUT2D eigenvalue weighted by Gasteiger charge is -2.28. The van der Waals surface area contributed by atoms with E-state index < -0.39 is 11.2 Å². The standard InChI is InChI=1S/C20H18BrN3O4S/c1-24-17(25)11-16(29-20(24)23-15-9-5-13(21)6-10-15)18(26)22-14-7-3-12(4-8-14)19(27)28-2/h3-10,16H,11H2,1-2H3,(H,22,26). The largest absolute Gasteiger partial charge is 0.465 e. The monoisotopic (exact) mass is 475 g/mol. The van der Waals surface area contributed by atoms with Crippen molar-refractivity contribution in [3.05, 3.63) is 58.6 Å². The predicted octanol–water partition coefficient (Wildman–Crippen LogP) is 3.83. The van der Waals surface area contributed by atoms with E-state index in [1.54, 1.807) is 31.3 Å². The van der Waals surface area contributed by atoms with Gasteiger partial charge in [0.05, 0.1) is 18.4 Å². The summed E-state index contributed by atoms with van der Waals surface area (Å²) in [6.45, 7) is 0. The second-order valence-electron chi connectivity index (χ2n) is 6.19. The van der Waals surface area contributed by atoms with E-state index >= 15 is 0 Å². The van der Waals surface area contributed by atoms with Crippen molar-refractivity contribution >= 4 is 62.0 Å². The molecule has 0 spiro atoms. The van der Waals surface area contributed by atoms with E-state index in [1.807, 2.05) is 24.3 Å². The fourth-order valence-corrected chi connectivity index (χ4v) is 3.88. The number of amidine groups is 1. The molecule has 1 aliphatic rings. The third kappa shape index (κ3) is 5.24. The molecule has 2 aromatic carbocycles. The first-order valence-electron chi connectivity index (χ1n) is 8.64. The fourth-order valence-electron chi connectivity index (χ4n) is 2.55. The minimum atomic E-state index is -0.604. The third-order valence-corrected chi connectivity index (χ3v) is 5.96. The first kappa shape index (κ1) is 21.1. The smallest absolute Gasteiger partial charge is 0.337 e. The molecular weight excluding hydrogens is 458 g/mol. The number of rotatable bonds is 4. The second-order valence-corrected chi connectivity index (χ2v) is 8.28. The van der Waals surface area contributed by atoms with E-state index in [2.05, 4.69) is 31.0 Å². The Balaban J connectivity index is 1.72. The van der Waals surface area contributed by atoms with Gasteiger partial charge in [-0.3, -0.25) is 14.5 Å². The number of nitrogens with zero attached hydrogens (tertiary/aromatic N) is 2. The molecule has 1 aliphatic heterocycles. The highest BCUT2D eigenvalue weighted by molar-refractivity contribution is 9.10. The molecule has 0 saturated carbocycles. The summed E-state index contributed by atoms with van der Waals surface area (Å²) in [6.07, 6.45) is 0.0760. The molecule has 29 heavy (non-hydrogen) atoms. The molecule has 0 radical (unpaired) electrons. The SMILES string of the molecule is COC(=O)c1ccc(NC(=O)C2CC(=O)N(C)C(=Nc3ccc(Br)cc3)S2)cc1. The summed E-state index contributed by atoms with van der Waals surface area (Å²) < 4.78 is 5.58. The zero-order valence-electron chi connectivity index (χ0n) is 15.7. The lowest BCUT2D eigenvalue weighted by molar-refractivity contribution is -0.128. The van der Waals surface area contributed by atoms with Gasteiger partial charge in [0.25, 0.3) is 0 Å². The van der Waals surface area contributed by atoms with Gasteiger partial charge in [-0.1, -0.05) is 27.7 Å². The average Bonchev–Trinajstić information content (AvgIpc) is 2.72. The summed E-state index contributed by atoms with van der Waals surface area (Å²) in [5, 5.41) is 2.64. The van der Waals surface area contributed by atoms with E-state index in [-0.39, 0.29) is 18.2 Å². The number of carbonyl (C=O) groups excluding carboxylic acids is 3.